The van der Waals surface area contributed by atoms with Crippen LogP contribution in [0.25, 0.3) is 11.3 Å². The topological polar surface area (TPSA) is 95.2 Å². The Bertz CT molecular complexity index is 505. The van der Waals surface area contributed by atoms with Crippen LogP contribution in [0.4, 0.5) is 5.82 Å². The summed E-state index contributed by atoms with van der Waals surface area (Å²) in [6.07, 6.45) is 0. The van der Waals surface area contributed by atoms with Gasteiger partial charge in [-0.1, -0.05) is 6.07 Å². The van der Waals surface area contributed by atoms with Crippen LogP contribution >= 0.6 is 0 Å². The minimum absolute atomic E-state index is 0.124. The van der Waals surface area contributed by atoms with Crippen LogP contribution in [-0.2, 0) is 0 Å². The van der Waals surface area contributed by atoms with Gasteiger partial charge in [0.15, 0.2) is 11.5 Å². The predicted molar refractivity (Wildman–Crippen MR) is 56.5 cm³/mol. The molecule has 0 fully saturated rings. The molecule has 2 rings (SSSR count). The first-order valence-corrected chi connectivity index (χ1v) is 4.42. The van der Waals surface area contributed by atoms with Crippen molar-refractivity contribution in [2.75, 3.05) is 5.73 Å². The maximum absolute atomic E-state index is 9.70. The summed E-state index contributed by atoms with van der Waals surface area (Å²) in [4.78, 5) is 0. The molecule has 1 aromatic heterocycles. The van der Waals surface area contributed by atoms with Crippen LogP contribution in [0.15, 0.2) is 18.2 Å². The van der Waals surface area contributed by atoms with Gasteiger partial charge in [-0.3, -0.25) is 5.10 Å². The van der Waals surface area contributed by atoms with Crippen LogP contribution in [0.5, 0.6) is 11.5 Å². The number of aryl methyl sites for hydroxylation is 1. The monoisotopic (exact) mass is 205 g/mol. The van der Waals surface area contributed by atoms with Gasteiger partial charge >= 0.3 is 0 Å². The molecule has 0 spiro atoms. The standard InChI is InChI=1S/C10H11N3O2/c1-5-2-3-6(10(15)9(5)14)7-4-8(11)13-12-7/h2-4,14-15H,1H3,(H3,11,12,13). The van der Waals surface area contributed by atoms with E-state index in [-0.39, 0.29) is 11.5 Å². The maximum atomic E-state index is 9.70. The molecule has 0 aliphatic rings. The Hall–Kier alpha value is -2.17. The Morgan fingerprint density at radius 2 is 2.00 bits per heavy atom. The summed E-state index contributed by atoms with van der Waals surface area (Å²) in [6, 6.07) is 4.99. The van der Waals surface area contributed by atoms with Gasteiger partial charge in [0.25, 0.3) is 0 Å². The van der Waals surface area contributed by atoms with Crippen molar-refractivity contribution >= 4 is 5.82 Å². The van der Waals surface area contributed by atoms with Crippen LogP contribution in [-0.4, -0.2) is 20.4 Å². The molecule has 0 atom stereocenters. The van der Waals surface area contributed by atoms with E-state index in [1.54, 1.807) is 25.1 Å². The number of nitrogens with zero attached hydrogens (tertiary/aromatic N) is 1. The minimum Gasteiger partial charge on any atom is -0.504 e. The smallest absolute Gasteiger partial charge is 0.167 e. The second-order valence-corrected chi connectivity index (χ2v) is 3.33. The zero-order chi connectivity index (χ0) is 11.0. The van der Waals surface area contributed by atoms with E-state index < -0.39 is 0 Å². The van der Waals surface area contributed by atoms with Gasteiger partial charge in [0, 0.05) is 11.6 Å². The molecule has 0 amide bonds. The first-order chi connectivity index (χ1) is 7.09. The van der Waals surface area contributed by atoms with Crippen molar-refractivity contribution in [2.24, 2.45) is 0 Å². The Balaban J connectivity index is 2.59. The van der Waals surface area contributed by atoms with Crippen molar-refractivity contribution in [3.8, 4) is 22.8 Å². The van der Waals surface area contributed by atoms with Gasteiger partial charge < -0.3 is 15.9 Å². The SMILES string of the molecule is Cc1ccc(-c2cc(N)n[nH]2)c(O)c1O. The average molecular weight is 205 g/mol. The fourth-order valence-corrected chi connectivity index (χ4v) is 1.37. The fourth-order valence-electron chi connectivity index (χ4n) is 1.37. The van der Waals surface area contributed by atoms with E-state index in [0.717, 1.165) is 0 Å². The van der Waals surface area contributed by atoms with Crippen LogP contribution < -0.4 is 5.73 Å². The Morgan fingerprint density at radius 1 is 1.27 bits per heavy atom. The summed E-state index contributed by atoms with van der Waals surface area (Å²) in [5.74, 6) is 0.0452. The first kappa shape index (κ1) is 9.39. The summed E-state index contributed by atoms with van der Waals surface area (Å²) in [5, 5.41) is 25.7. The molecule has 0 unspecified atom stereocenters. The van der Waals surface area contributed by atoms with Gasteiger partial charge in [0.2, 0.25) is 0 Å². The van der Waals surface area contributed by atoms with Crippen LogP contribution in [0.1, 0.15) is 5.56 Å². The van der Waals surface area contributed by atoms with Gasteiger partial charge in [-0.25, -0.2) is 0 Å². The van der Waals surface area contributed by atoms with E-state index in [1.807, 2.05) is 0 Å². The number of nitrogens with two attached hydrogens (primary N) is 1. The third-order valence-electron chi connectivity index (χ3n) is 2.24. The lowest BCUT2D eigenvalue weighted by molar-refractivity contribution is 0.402. The van der Waals surface area contributed by atoms with Crippen molar-refractivity contribution in [3.05, 3.63) is 23.8 Å². The Morgan fingerprint density at radius 3 is 2.60 bits per heavy atom. The van der Waals surface area contributed by atoms with Crippen molar-refractivity contribution < 1.29 is 10.2 Å². The number of benzene rings is 1. The third-order valence-corrected chi connectivity index (χ3v) is 2.24. The third kappa shape index (κ3) is 1.48. The molecule has 2 aromatic rings. The number of rotatable bonds is 1. The van der Waals surface area contributed by atoms with E-state index in [0.29, 0.717) is 22.6 Å². The zero-order valence-corrected chi connectivity index (χ0v) is 8.15. The number of H-pyrrole nitrogens is 1. The van der Waals surface area contributed by atoms with Crippen molar-refractivity contribution in [3.63, 3.8) is 0 Å². The molecule has 0 aliphatic heterocycles. The molecule has 78 valence electrons. The van der Waals surface area contributed by atoms with E-state index in [1.165, 1.54) is 0 Å². The molecule has 0 aliphatic carbocycles. The Labute approximate surface area is 86.2 Å². The second-order valence-electron chi connectivity index (χ2n) is 3.33. The second kappa shape index (κ2) is 3.20. The molecular formula is C10H11N3O2. The van der Waals surface area contributed by atoms with Gasteiger partial charge in [0.1, 0.15) is 5.82 Å². The quantitative estimate of drug-likeness (QED) is 0.529. The number of hydrogen-bond acceptors (Lipinski definition) is 4. The zero-order valence-electron chi connectivity index (χ0n) is 8.15. The number of aromatic hydroxyl groups is 2. The highest BCUT2D eigenvalue weighted by atomic mass is 16.3. The van der Waals surface area contributed by atoms with Crippen molar-refractivity contribution in [1.29, 1.82) is 0 Å². The molecule has 5 heteroatoms. The average Bonchev–Trinajstić information content (AvgIpc) is 2.61. The number of nitrogen functional groups attached to an aromatic ring is 1. The minimum atomic E-state index is -0.168. The Kier molecular flexibility index (Phi) is 2.00. The molecule has 0 saturated carbocycles. The van der Waals surface area contributed by atoms with Crippen LogP contribution in [0, 0.1) is 6.92 Å². The van der Waals surface area contributed by atoms with Crippen LogP contribution in [0.2, 0.25) is 0 Å². The van der Waals surface area contributed by atoms with Gasteiger partial charge in [-0.05, 0) is 18.6 Å². The number of nitrogens with one attached hydrogen (secondary N) is 1. The largest absolute Gasteiger partial charge is 0.504 e. The highest BCUT2D eigenvalue weighted by molar-refractivity contribution is 5.72. The van der Waals surface area contributed by atoms with Gasteiger partial charge in [-0.15, -0.1) is 0 Å². The lowest BCUT2D eigenvalue weighted by Gasteiger charge is -2.06. The molecular weight excluding hydrogens is 194 g/mol. The summed E-state index contributed by atoms with van der Waals surface area (Å²) >= 11 is 0. The molecule has 1 aromatic carbocycles. The summed E-state index contributed by atoms with van der Waals surface area (Å²) in [6.45, 7) is 1.71. The lowest BCUT2D eigenvalue weighted by Crippen LogP contribution is -1.82. The highest BCUT2D eigenvalue weighted by Gasteiger charge is 2.12. The van der Waals surface area contributed by atoms with E-state index in [9.17, 15) is 10.2 Å². The molecule has 5 N–H and O–H groups in total. The van der Waals surface area contributed by atoms with Crippen molar-refractivity contribution in [1.82, 2.24) is 10.2 Å². The predicted octanol–water partition coefficient (Wildman–Crippen LogP) is 1.38. The molecule has 5 nitrogen and oxygen atoms in total. The van der Waals surface area contributed by atoms with Crippen LogP contribution in [0.3, 0.4) is 0 Å². The molecule has 0 radical (unpaired) electrons. The molecule has 0 bridgehead atoms. The summed E-state index contributed by atoms with van der Waals surface area (Å²) in [5.41, 5.74) is 7.11. The summed E-state index contributed by atoms with van der Waals surface area (Å²) in [7, 11) is 0. The van der Waals surface area contributed by atoms with E-state index in [2.05, 4.69) is 10.2 Å². The lowest BCUT2D eigenvalue weighted by atomic mass is 10.1. The normalized spacial score (nSPS) is 10.5. The number of phenols is 2. The molecule has 0 saturated heterocycles. The number of anilines is 1. The number of hydrogen-bond donors (Lipinski definition) is 4. The first-order valence-electron chi connectivity index (χ1n) is 4.42. The van der Waals surface area contributed by atoms with E-state index >= 15 is 0 Å². The molecule has 15 heavy (non-hydrogen) atoms. The van der Waals surface area contributed by atoms with Gasteiger partial charge in [-0.2, -0.15) is 5.10 Å². The number of phenolic OH excluding ortho intramolecular Hbond substituents is 2. The van der Waals surface area contributed by atoms with Crippen molar-refractivity contribution in [2.45, 2.75) is 6.92 Å². The number of aromatic nitrogens is 2. The van der Waals surface area contributed by atoms with Gasteiger partial charge in [0.05, 0.1) is 5.69 Å². The van der Waals surface area contributed by atoms with E-state index in [4.69, 9.17) is 5.73 Å². The maximum Gasteiger partial charge on any atom is 0.167 e. The molecule has 1 heterocycles. The highest BCUT2D eigenvalue weighted by Crippen LogP contribution is 2.37. The number of aromatic amines is 1. The summed E-state index contributed by atoms with van der Waals surface area (Å²) < 4.78 is 0. The fraction of sp³-hybridized carbons (Fsp3) is 0.100.